The fourth-order valence-electron chi connectivity index (χ4n) is 3.45. The number of hydrogen-bond donors (Lipinski definition) is 2. The van der Waals surface area contributed by atoms with Crippen LogP contribution in [-0.4, -0.2) is 49.9 Å². The van der Waals surface area contributed by atoms with Crippen molar-refractivity contribution in [2.24, 2.45) is 0 Å². The molecule has 0 spiro atoms. The molecule has 2 heterocycles. The fraction of sp³-hybridized carbons (Fsp3) is 0.400. The lowest BCUT2D eigenvalue weighted by atomic mass is 10.1. The number of carbonyl (C=O) groups is 2. The number of anilines is 2. The summed E-state index contributed by atoms with van der Waals surface area (Å²) in [5, 5.41) is 5.82. The number of hydrogen-bond acceptors (Lipinski definition) is 5. The van der Waals surface area contributed by atoms with E-state index in [1.54, 1.807) is 18.4 Å². The van der Waals surface area contributed by atoms with Gasteiger partial charge in [-0.1, -0.05) is 13.8 Å². The van der Waals surface area contributed by atoms with E-state index >= 15 is 0 Å². The van der Waals surface area contributed by atoms with Crippen molar-refractivity contribution in [2.75, 3.05) is 43.4 Å². The second kappa shape index (κ2) is 8.26. The van der Waals surface area contributed by atoms with Crippen molar-refractivity contribution in [2.45, 2.75) is 19.9 Å². The van der Waals surface area contributed by atoms with Crippen LogP contribution in [0.25, 0.3) is 0 Å². The van der Waals surface area contributed by atoms with E-state index in [2.05, 4.69) is 29.4 Å². The molecule has 3 rings (SSSR count). The molecule has 0 bridgehead atoms. The molecule has 0 fully saturated rings. The van der Waals surface area contributed by atoms with E-state index in [1.807, 2.05) is 30.1 Å². The maximum absolute atomic E-state index is 12.7. The summed E-state index contributed by atoms with van der Waals surface area (Å²) < 4.78 is 5.57. The van der Waals surface area contributed by atoms with Crippen LogP contribution in [0.2, 0.25) is 0 Å². The lowest BCUT2D eigenvalue weighted by Crippen LogP contribution is -2.38. The largest absolute Gasteiger partial charge is 0.468 e. The zero-order valence-electron chi connectivity index (χ0n) is 16.0. The Labute approximate surface area is 159 Å². The molecule has 2 aromatic rings. The molecule has 1 atom stereocenters. The summed E-state index contributed by atoms with van der Waals surface area (Å²) in [6.45, 7) is 6.64. The van der Waals surface area contributed by atoms with Crippen molar-refractivity contribution in [3.8, 4) is 0 Å². The third kappa shape index (κ3) is 4.14. The molecule has 0 radical (unpaired) electrons. The molecular formula is C20H26N4O3. The van der Waals surface area contributed by atoms with E-state index in [4.69, 9.17) is 4.42 Å². The minimum Gasteiger partial charge on any atom is -0.468 e. The van der Waals surface area contributed by atoms with Crippen molar-refractivity contribution in [1.29, 1.82) is 0 Å². The second-order valence-electron chi connectivity index (χ2n) is 6.60. The van der Waals surface area contributed by atoms with Gasteiger partial charge in [0.25, 0.3) is 5.91 Å². The zero-order valence-corrected chi connectivity index (χ0v) is 16.0. The van der Waals surface area contributed by atoms with E-state index in [1.165, 1.54) is 0 Å². The van der Waals surface area contributed by atoms with Crippen LogP contribution in [0.1, 0.15) is 36.0 Å². The Morgan fingerprint density at radius 2 is 2.11 bits per heavy atom. The average Bonchev–Trinajstić information content (AvgIpc) is 3.18. The Morgan fingerprint density at radius 1 is 1.33 bits per heavy atom. The molecule has 0 aliphatic carbocycles. The number of amides is 2. The van der Waals surface area contributed by atoms with Crippen molar-refractivity contribution >= 4 is 23.2 Å². The van der Waals surface area contributed by atoms with Crippen LogP contribution in [0.4, 0.5) is 11.4 Å². The Morgan fingerprint density at radius 3 is 2.78 bits per heavy atom. The van der Waals surface area contributed by atoms with Crippen LogP contribution in [0.15, 0.2) is 41.0 Å². The van der Waals surface area contributed by atoms with Gasteiger partial charge >= 0.3 is 0 Å². The van der Waals surface area contributed by atoms with Crippen LogP contribution in [0.5, 0.6) is 0 Å². The van der Waals surface area contributed by atoms with E-state index in [0.717, 1.165) is 24.5 Å². The Kier molecular flexibility index (Phi) is 5.81. The third-order valence-corrected chi connectivity index (χ3v) is 4.91. The summed E-state index contributed by atoms with van der Waals surface area (Å²) in [4.78, 5) is 28.5. The van der Waals surface area contributed by atoms with Gasteiger partial charge in [0.1, 0.15) is 5.76 Å². The number of furan rings is 1. The molecule has 0 saturated heterocycles. The Balaban J connectivity index is 1.73. The van der Waals surface area contributed by atoms with Crippen LogP contribution in [-0.2, 0) is 4.79 Å². The van der Waals surface area contributed by atoms with Crippen LogP contribution in [0, 0.1) is 0 Å². The number of fused-ring (bicyclic) bond motifs is 1. The molecule has 7 heteroatoms. The fourth-order valence-corrected chi connectivity index (χ4v) is 3.45. The SMILES string of the molecule is CCN(CC)[C@@H](CNC(=O)c1ccc2c(c1)NC(=O)CN2C)c1ccco1. The average molecular weight is 370 g/mol. The summed E-state index contributed by atoms with van der Waals surface area (Å²) >= 11 is 0. The topological polar surface area (TPSA) is 77.8 Å². The number of benzene rings is 1. The molecule has 1 aliphatic rings. The summed E-state index contributed by atoms with van der Waals surface area (Å²) in [5.41, 5.74) is 2.08. The normalized spacial score (nSPS) is 14.7. The molecule has 2 N–H and O–H groups in total. The highest BCUT2D eigenvalue weighted by molar-refractivity contribution is 6.03. The first kappa shape index (κ1) is 19.0. The van der Waals surface area contributed by atoms with Gasteiger partial charge in [-0.3, -0.25) is 14.5 Å². The summed E-state index contributed by atoms with van der Waals surface area (Å²) in [5.74, 6) is 0.573. The first-order chi connectivity index (χ1) is 13.0. The van der Waals surface area contributed by atoms with E-state index < -0.39 is 0 Å². The van der Waals surface area contributed by atoms with Crippen molar-refractivity contribution in [3.05, 3.63) is 47.9 Å². The molecule has 0 saturated carbocycles. The number of likely N-dealkylation sites (N-methyl/N-ethyl adjacent to an activating group) is 2. The minimum atomic E-state index is -0.177. The van der Waals surface area contributed by atoms with Crippen LogP contribution >= 0.6 is 0 Å². The van der Waals surface area contributed by atoms with E-state index in [-0.39, 0.29) is 17.9 Å². The zero-order chi connectivity index (χ0) is 19.4. The molecule has 7 nitrogen and oxygen atoms in total. The van der Waals surface area contributed by atoms with E-state index in [9.17, 15) is 9.59 Å². The standard InChI is InChI=1S/C20H26N4O3/c1-4-24(5-2)17(18-7-6-10-27-18)12-21-20(26)14-8-9-16-15(11-14)22-19(25)13-23(16)3/h6-11,17H,4-5,12-13H2,1-3H3,(H,21,26)(H,22,25)/t17-/m0/s1. The molecule has 1 aliphatic heterocycles. The van der Waals surface area contributed by atoms with Gasteiger partial charge in [0, 0.05) is 19.2 Å². The molecule has 2 amide bonds. The van der Waals surface area contributed by atoms with Crippen molar-refractivity contribution in [1.82, 2.24) is 10.2 Å². The maximum atomic E-state index is 12.7. The third-order valence-electron chi connectivity index (χ3n) is 4.91. The monoisotopic (exact) mass is 370 g/mol. The molecule has 1 aromatic carbocycles. The Hall–Kier alpha value is -2.80. The smallest absolute Gasteiger partial charge is 0.251 e. The highest BCUT2D eigenvalue weighted by Crippen LogP contribution is 2.29. The van der Waals surface area contributed by atoms with Crippen molar-refractivity contribution in [3.63, 3.8) is 0 Å². The van der Waals surface area contributed by atoms with Gasteiger partial charge < -0.3 is 20.0 Å². The van der Waals surface area contributed by atoms with Gasteiger partial charge in [-0.2, -0.15) is 0 Å². The van der Waals surface area contributed by atoms with Gasteiger partial charge in [-0.05, 0) is 43.4 Å². The maximum Gasteiger partial charge on any atom is 0.251 e. The first-order valence-corrected chi connectivity index (χ1v) is 9.24. The Bertz CT molecular complexity index is 800. The van der Waals surface area contributed by atoms with Gasteiger partial charge in [0.15, 0.2) is 0 Å². The molecule has 144 valence electrons. The van der Waals surface area contributed by atoms with Gasteiger partial charge in [0.05, 0.1) is 30.2 Å². The quantitative estimate of drug-likeness (QED) is 0.783. The number of nitrogens with zero attached hydrogens (tertiary/aromatic N) is 2. The van der Waals surface area contributed by atoms with Crippen LogP contribution < -0.4 is 15.5 Å². The molecule has 27 heavy (non-hydrogen) atoms. The minimum absolute atomic E-state index is 0.0255. The number of nitrogens with one attached hydrogen (secondary N) is 2. The predicted molar refractivity (Wildman–Crippen MR) is 105 cm³/mol. The number of carbonyl (C=O) groups excluding carboxylic acids is 2. The highest BCUT2D eigenvalue weighted by Gasteiger charge is 2.23. The van der Waals surface area contributed by atoms with Gasteiger partial charge in [-0.25, -0.2) is 0 Å². The first-order valence-electron chi connectivity index (χ1n) is 9.24. The van der Waals surface area contributed by atoms with Crippen LogP contribution in [0.3, 0.4) is 0 Å². The summed E-state index contributed by atoms with van der Waals surface area (Å²) in [6.07, 6.45) is 1.65. The summed E-state index contributed by atoms with van der Waals surface area (Å²) in [7, 11) is 1.86. The second-order valence-corrected chi connectivity index (χ2v) is 6.60. The number of rotatable bonds is 7. The molecule has 0 unspecified atom stereocenters. The summed E-state index contributed by atoms with van der Waals surface area (Å²) in [6, 6.07) is 9.12. The van der Waals surface area contributed by atoms with Gasteiger partial charge in [-0.15, -0.1) is 0 Å². The highest BCUT2D eigenvalue weighted by atomic mass is 16.3. The van der Waals surface area contributed by atoms with E-state index in [0.29, 0.717) is 24.3 Å². The van der Waals surface area contributed by atoms with Gasteiger partial charge in [0.2, 0.25) is 5.91 Å². The lowest BCUT2D eigenvalue weighted by molar-refractivity contribution is -0.115. The molecular weight excluding hydrogens is 344 g/mol. The molecule has 1 aromatic heterocycles. The van der Waals surface area contributed by atoms with Crippen molar-refractivity contribution < 1.29 is 14.0 Å². The predicted octanol–water partition coefficient (Wildman–Crippen LogP) is 2.48. The lowest BCUT2D eigenvalue weighted by Gasteiger charge is -2.29.